The van der Waals surface area contributed by atoms with E-state index in [4.69, 9.17) is 4.74 Å². The van der Waals surface area contributed by atoms with Gasteiger partial charge in [-0.2, -0.15) is 4.98 Å². The van der Waals surface area contributed by atoms with Crippen molar-refractivity contribution in [3.05, 3.63) is 40.3 Å². The van der Waals surface area contributed by atoms with Crippen molar-refractivity contribution in [2.45, 2.75) is 20.8 Å². The zero-order chi connectivity index (χ0) is 15.0. The van der Waals surface area contributed by atoms with Gasteiger partial charge in [0.15, 0.2) is 0 Å². The van der Waals surface area contributed by atoms with Gasteiger partial charge in [-0.3, -0.25) is 0 Å². The molecule has 5 heteroatoms. The predicted octanol–water partition coefficient (Wildman–Crippen LogP) is 4.45. The van der Waals surface area contributed by atoms with E-state index in [0.717, 1.165) is 27.1 Å². The Morgan fingerprint density at radius 3 is 2.57 bits per heavy atom. The molecule has 3 rings (SSSR count). The van der Waals surface area contributed by atoms with Gasteiger partial charge in [-0.05, 0) is 48.9 Å². The molecule has 0 unspecified atom stereocenters. The molecule has 0 saturated carbocycles. The average Bonchev–Trinajstić information content (AvgIpc) is 2.95. The number of aromatic nitrogens is 2. The second-order valence-electron chi connectivity index (χ2n) is 5.00. The van der Waals surface area contributed by atoms with Crippen LogP contribution in [-0.4, -0.2) is 17.0 Å². The van der Waals surface area contributed by atoms with Crippen LogP contribution in [0.5, 0.6) is 11.6 Å². The fourth-order valence-corrected chi connectivity index (χ4v) is 2.95. The number of benzene rings is 1. The lowest BCUT2D eigenvalue weighted by molar-refractivity contribution is 0.461. The second kappa shape index (κ2) is 5.33. The Balaban J connectivity index is 2.14. The van der Waals surface area contributed by atoms with Gasteiger partial charge in [0.2, 0.25) is 11.8 Å². The van der Waals surface area contributed by atoms with Crippen LogP contribution in [0.2, 0.25) is 0 Å². The van der Waals surface area contributed by atoms with Gasteiger partial charge >= 0.3 is 0 Å². The quantitative estimate of drug-likeness (QED) is 0.776. The Morgan fingerprint density at radius 1 is 1.05 bits per heavy atom. The highest BCUT2D eigenvalue weighted by atomic mass is 32.1. The maximum absolute atomic E-state index is 6.15. The summed E-state index contributed by atoms with van der Waals surface area (Å²) in [6.07, 6.45) is 0. The number of nitrogens with zero attached hydrogens (tertiary/aromatic N) is 2. The number of anilines is 1. The number of aryl methyl sites for hydroxylation is 2. The lowest BCUT2D eigenvalue weighted by atomic mass is 10.1. The minimum atomic E-state index is 0.572. The summed E-state index contributed by atoms with van der Waals surface area (Å²) in [5.74, 6) is 2.05. The van der Waals surface area contributed by atoms with Crippen LogP contribution in [-0.2, 0) is 0 Å². The zero-order valence-electron chi connectivity index (χ0n) is 12.5. The zero-order valence-corrected chi connectivity index (χ0v) is 13.3. The lowest BCUT2D eigenvalue weighted by Crippen LogP contribution is -2.00. The van der Waals surface area contributed by atoms with Crippen molar-refractivity contribution in [2.24, 2.45) is 0 Å². The van der Waals surface area contributed by atoms with E-state index in [-0.39, 0.29) is 0 Å². The van der Waals surface area contributed by atoms with E-state index >= 15 is 0 Å². The van der Waals surface area contributed by atoms with Gasteiger partial charge in [0.05, 0.1) is 5.39 Å². The van der Waals surface area contributed by atoms with Crippen molar-refractivity contribution in [1.82, 2.24) is 9.97 Å². The third-order valence-corrected chi connectivity index (χ3v) is 4.39. The van der Waals surface area contributed by atoms with Gasteiger partial charge in [0, 0.05) is 7.05 Å². The van der Waals surface area contributed by atoms with Crippen LogP contribution in [0.15, 0.2) is 23.6 Å². The van der Waals surface area contributed by atoms with Gasteiger partial charge in [-0.15, -0.1) is 11.3 Å². The van der Waals surface area contributed by atoms with Gasteiger partial charge in [0.25, 0.3) is 0 Å². The van der Waals surface area contributed by atoms with E-state index in [2.05, 4.69) is 41.3 Å². The summed E-state index contributed by atoms with van der Waals surface area (Å²) in [5, 5.41) is 5.93. The van der Waals surface area contributed by atoms with E-state index in [1.165, 1.54) is 5.56 Å². The number of ether oxygens (including phenoxy) is 1. The monoisotopic (exact) mass is 299 g/mol. The van der Waals surface area contributed by atoms with Crippen LogP contribution in [0.3, 0.4) is 0 Å². The first-order valence-electron chi connectivity index (χ1n) is 6.78. The van der Waals surface area contributed by atoms with Crippen molar-refractivity contribution < 1.29 is 4.74 Å². The van der Waals surface area contributed by atoms with Crippen LogP contribution in [0.25, 0.3) is 10.2 Å². The normalized spacial score (nSPS) is 10.9. The van der Waals surface area contributed by atoms with E-state index in [1.54, 1.807) is 11.3 Å². The molecule has 0 aliphatic rings. The molecule has 0 amide bonds. The molecule has 21 heavy (non-hydrogen) atoms. The molecule has 0 saturated heterocycles. The van der Waals surface area contributed by atoms with E-state index in [1.807, 2.05) is 25.4 Å². The Bertz CT molecular complexity index is 811. The second-order valence-corrected chi connectivity index (χ2v) is 5.89. The maximum Gasteiger partial charge on any atom is 0.232 e. The Kier molecular flexibility index (Phi) is 3.51. The van der Waals surface area contributed by atoms with Gasteiger partial charge in [-0.25, -0.2) is 4.98 Å². The summed E-state index contributed by atoms with van der Waals surface area (Å²) in [5.41, 5.74) is 3.45. The van der Waals surface area contributed by atoms with Crippen molar-refractivity contribution in [3.8, 4) is 11.6 Å². The summed E-state index contributed by atoms with van der Waals surface area (Å²) in [4.78, 5) is 9.82. The van der Waals surface area contributed by atoms with Crippen LogP contribution < -0.4 is 10.1 Å². The predicted molar refractivity (Wildman–Crippen MR) is 87.7 cm³/mol. The van der Waals surface area contributed by atoms with Crippen LogP contribution >= 0.6 is 11.3 Å². The Morgan fingerprint density at radius 2 is 1.81 bits per heavy atom. The minimum absolute atomic E-state index is 0.572. The SMILES string of the molecule is CNc1nc(Oc2c(C)ccc(C)c2C)c2ccsc2n1. The standard InChI is InChI=1S/C16H17N3OS/c1-9-5-6-10(2)13(11(9)3)20-14-12-7-8-21-15(12)19-16(17-4)18-14/h5-8H,1-4H3,(H,17,18,19). The van der Waals surface area contributed by atoms with Gasteiger partial charge < -0.3 is 10.1 Å². The molecule has 2 heterocycles. The number of nitrogens with one attached hydrogen (secondary N) is 1. The fraction of sp³-hybridized carbons (Fsp3) is 0.250. The number of hydrogen-bond acceptors (Lipinski definition) is 5. The van der Waals surface area contributed by atoms with Crippen LogP contribution in [0.1, 0.15) is 16.7 Å². The molecule has 2 aromatic heterocycles. The van der Waals surface area contributed by atoms with E-state index < -0.39 is 0 Å². The molecule has 1 aromatic carbocycles. The molecular formula is C16H17N3OS. The lowest BCUT2D eigenvalue weighted by Gasteiger charge is -2.14. The maximum atomic E-state index is 6.15. The first-order chi connectivity index (χ1) is 10.1. The molecular weight excluding hydrogens is 282 g/mol. The number of hydrogen-bond donors (Lipinski definition) is 1. The fourth-order valence-electron chi connectivity index (χ4n) is 2.20. The van der Waals surface area contributed by atoms with E-state index in [0.29, 0.717) is 11.8 Å². The number of fused-ring (bicyclic) bond motifs is 1. The third kappa shape index (κ3) is 2.45. The highest BCUT2D eigenvalue weighted by Crippen LogP contribution is 2.35. The number of rotatable bonds is 3. The van der Waals surface area contributed by atoms with Crippen molar-refractivity contribution in [1.29, 1.82) is 0 Å². The molecule has 0 radical (unpaired) electrons. The van der Waals surface area contributed by atoms with Gasteiger partial charge in [-0.1, -0.05) is 12.1 Å². The molecule has 0 fully saturated rings. The molecule has 4 nitrogen and oxygen atoms in total. The molecule has 3 aromatic rings. The molecule has 0 bridgehead atoms. The summed E-state index contributed by atoms with van der Waals surface area (Å²) >= 11 is 1.58. The Labute approximate surface area is 127 Å². The first-order valence-corrected chi connectivity index (χ1v) is 7.65. The largest absolute Gasteiger partial charge is 0.438 e. The average molecular weight is 299 g/mol. The smallest absolute Gasteiger partial charge is 0.232 e. The highest BCUT2D eigenvalue weighted by molar-refractivity contribution is 7.16. The molecule has 0 spiro atoms. The highest BCUT2D eigenvalue weighted by Gasteiger charge is 2.14. The third-order valence-electron chi connectivity index (χ3n) is 3.59. The van der Waals surface area contributed by atoms with Crippen LogP contribution in [0, 0.1) is 20.8 Å². The summed E-state index contributed by atoms with van der Waals surface area (Å²) in [7, 11) is 1.81. The summed E-state index contributed by atoms with van der Waals surface area (Å²) in [6, 6.07) is 6.18. The Hall–Kier alpha value is -2.14. The van der Waals surface area contributed by atoms with E-state index in [9.17, 15) is 0 Å². The summed E-state index contributed by atoms with van der Waals surface area (Å²) in [6.45, 7) is 6.20. The topological polar surface area (TPSA) is 47.0 Å². The van der Waals surface area contributed by atoms with Crippen molar-refractivity contribution in [2.75, 3.05) is 12.4 Å². The molecule has 1 N–H and O–H groups in total. The molecule has 0 aliphatic carbocycles. The summed E-state index contributed by atoms with van der Waals surface area (Å²) < 4.78 is 6.15. The molecule has 0 atom stereocenters. The molecule has 108 valence electrons. The molecule has 0 aliphatic heterocycles. The number of thiophene rings is 1. The van der Waals surface area contributed by atoms with Gasteiger partial charge in [0.1, 0.15) is 10.6 Å². The van der Waals surface area contributed by atoms with Crippen molar-refractivity contribution >= 4 is 27.5 Å². The van der Waals surface area contributed by atoms with Crippen LogP contribution in [0.4, 0.5) is 5.95 Å². The van der Waals surface area contributed by atoms with Crippen molar-refractivity contribution in [3.63, 3.8) is 0 Å². The first kappa shape index (κ1) is 13.8. The minimum Gasteiger partial charge on any atom is -0.438 e.